The van der Waals surface area contributed by atoms with Gasteiger partial charge < -0.3 is 5.73 Å². The largest absolute Gasteiger partial charge is 0.365 e. The molecule has 1 amide bonds. The Labute approximate surface area is 89.4 Å². The van der Waals surface area contributed by atoms with Crippen molar-refractivity contribution in [3.8, 4) is 10.4 Å². The third kappa shape index (κ3) is 2.02. The number of thiophene rings is 1. The molecule has 2 N–H and O–H groups in total. The van der Waals surface area contributed by atoms with Crippen LogP contribution < -0.4 is 5.73 Å². The molecule has 5 heteroatoms. The quantitative estimate of drug-likeness (QED) is 0.790. The molecule has 76 valence electrons. The first kappa shape index (κ1) is 9.79. The number of nitrogens with two attached hydrogens (primary N) is 1. The first-order chi connectivity index (χ1) is 7.16. The van der Waals surface area contributed by atoms with Gasteiger partial charge in [-0.05, 0) is 23.8 Å². The summed E-state index contributed by atoms with van der Waals surface area (Å²) < 4.78 is 12.8. The van der Waals surface area contributed by atoms with Gasteiger partial charge in [0.1, 0.15) is 0 Å². The molecule has 0 aliphatic heterocycles. The maximum absolute atomic E-state index is 12.8. The summed E-state index contributed by atoms with van der Waals surface area (Å²) in [5.74, 6) is -1.01. The van der Waals surface area contributed by atoms with Crippen LogP contribution >= 0.6 is 11.3 Å². The summed E-state index contributed by atoms with van der Waals surface area (Å²) in [6.07, 6.45) is 1.38. The molecule has 2 aromatic rings. The Balaban J connectivity index is 2.41. The number of hydrogen-bond acceptors (Lipinski definition) is 3. The Kier molecular flexibility index (Phi) is 2.47. The van der Waals surface area contributed by atoms with Crippen molar-refractivity contribution in [1.82, 2.24) is 4.98 Å². The molecule has 0 fully saturated rings. The number of carbonyl (C=O) groups is 1. The van der Waals surface area contributed by atoms with E-state index in [9.17, 15) is 9.18 Å². The molecule has 0 aromatic carbocycles. The molecule has 0 saturated carbocycles. The number of rotatable bonds is 2. The number of hydrogen-bond donors (Lipinski definition) is 1. The number of pyridine rings is 1. The van der Waals surface area contributed by atoms with E-state index in [1.807, 2.05) is 0 Å². The molecule has 2 rings (SSSR count). The van der Waals surface area contributed by atoms with Gasteiger partial charge in [0.05, 0.1) is 4.88 Å². The van der Waals surface area contributed by atoms with E-state index in [1.165, 1.54) is 23.6 Å². The first-order valence-corrected chi connectivity index (χ1v) is 5.00. The summed E-state index contributed by atoms with van der Waals surface area (Å²) >= 11 is 1.23. The Morgan fingerprint density at radius 2 is 2.20 bits per heavy atom. The van der Waals surface area contributed by atoms with Crippen molar-refractivity contribution in [2.45, 2.75) is 0 Å². The zero-order chi connectivity index (χ0) is 10.8. The van der Waals surface area contributed by atoms with Crippen LogP contribution in [0.4, 0.5) is 4.39 Å². The second-order valence-corrected chi connectivity index (χ2v) is 3.98. The molecule has 15 heavy (non-hydrogen) atoms. The molecule has 0 atom stereocenters. The predicted octanol–water partition coefficient (Wildman–Crippen LogP) is 2.05. The summed E-state index contributed by atoms with van der Waals surface area (Å²) in [4.78, 5) is 15.6. The number of carbonyl (C=O) groups excluding carboxylic acids is 1. The first-order valence-electron chi connectivity index (χ1n) is 4.18. The highest BCUT2D eigenvalue weighted by Gasteiger charge is 2.07. The summed E-state index contributed by atoms with van der Waals surface area (Å²) in [7, 11) is 0. The van der Waals surface area contributed by atoms with E-state index in [2.05, 4.69) is 4.98 Å². The summed E-state index contributed by atoms with van der Waals surface area (Å²) in [6.45, 7) is 0. The zero-order valence-corrected chi connectivity index (χ0v) is 8.42. The lowest BCUT2D eigenvalue weighted by Crippen LogP contribution is -2.07. The van der Waals surface area contributed by atoms with Gasteiger partial charge in [0.2, 0.25) is 5.95 Å². The second kappa shape index (κ2) is 3.78. The standard InChI is InChI=1S/C10H7FN2OS/c11-9-5-6(3-4-13-9)7-1-2-8(15-7)10(12)14/h1-5H,(H2,12,14). The number of aromatic nitrogens is 1. The maximum atomic E-state index is 12.8. The average Bonchev–Trinajstić information content (AvgIpc) is 2.66. The third-order valence-corrected chi connectivity index (χ3v) is 3.01. The van der Waals surface area contributed by atoms with Crippen LogP contribution in [-0.2, 0) is 0 Å². The minimum absolute atomic E-state index is 0.460. The van der Waals surface area contributed by atoms with Crippen molar-refractivity contribution in [3.05, 3.63) is 41.3 Å². The fraction of sp³-hybridized carbons (Fsp3) is 0. The van der Waals surface area contributed by atoms with Gasteiger partial charge in [-0.25, -0.2) is 4.98 Å². The maximum Gasteiger partial charge on any atom is 0.258 e. The SMILES string of the molecule is NC(=O)c1ccc(-c2ccnc(F)c2)s1. The van der Waals surface area contributed by atoms with Crippen LogP contribution in [0.1, 0.15) is 9.67 Å². The van der Waals surface area contributed by atoms with Gasteiger partial charge in [0.25, 0.3) is 5.91 Å². The van der Waals surface area contributed by atoms with Gasteiger partial charge in [-0.3, -0.25) is 4.79 Å². The van der Waals surface area contributed by atoms with Gasteiger partial charge in [0.15, 0.2) is 0 Å². The van der Waals surface area contributed by atoms with Crippen LogP contribution in [0.3, 0.4) is 0 Å². The van der Waals surface area contributed by atoms with E-state index in [0.29, 0.717) is 10.4 Å². The van der Waals surface area contributed by atoms with Crippen LogP contribution in [0.25, 0.3) is 10.4 Å². The predicted molar refractivity (Wildman–Crippen MR) is 56.0 cm³/mol. The third-order valence-electron chi connectivity index (χ3n) is 1.86. The molecule has 2 aromatic heterocycles. The van der Waals surface area contributed by atoms with E-state index >= 15 is 0 Å². The summed E-state index contributed by atoms with van der Waals surface area (Å²) in [6, 6.07) is 6.36. The van der Waals surface area contributed by atoms with Crippen molar-refractivity contribution in [2.24, 2.45) is 5.73 Å². The highest BCUT2D eigenvalue weighted by atomic mass is 32.1. The number of amides is 1. The van der Waals surface area contributed by atoms with E-state index in [4.69, 9.17) is 5.73 Å². The molecule has 0 unspecified atom stereocenters. The normalized spacial score (nSPS) is 10.2. The van der Waals surface area contributed by atoms with Crippen molar-refractivity contribution < 1.29 is 9.18 Å². The molecule has 2 heterocycles. The van der Waals surface area contributed by atoms with Gasteiger partial charge >= 0.3 is 0 Å². The molecule has 0 radical (unpaired) electrons. The Morgan fingerprint density at radius 1 is 1.40 bits per heavy atom. The second-order valence-electron chi connectivity index (χ2n) is 2.90. The van der Waals surface area contributed by atoms with E-state index < -0.39 is 11.9 Å². The van der Waals surface area contributed by atoms with E-state index in [0.717, 1.165) is 4.88 Å². The van der Waals surface area contributed by atoms with Crippen molar-refractivity contribution in [3.63, 3.8) is 0 Å². The van der Waals surface area contributed by atoms with Gasteiger partial charge in [-0.2, -0.15) is 4.39 Å². The highest BCUT2D eigenvalue weighted by Crippen LogP contribution is 2.27. The molecular formula is C10H7FN2OS. The molecule has 0 aliphatic rings. The van der Waals surface area contributed by atoms with E-state index in [1.54, 1.807) is 18.2 Å². The van der Waals surface area contributed by atoms with Crippen LogP contribution in [0, 0.1) is 5.95 Å². The van der Waals surface area contributed by atoms with Crippen molar-refractivity contribution in [2.75, 3.05) is 0 Å². The van der Waals surface area contributed by atoms with Crippen molar-refractivity contribution in [1.29, 1.82) is 0 Å². The van der Waals surface area contributed by atoms with E-state index in [-0.39, 0.29) is 0 Å². The van der Waals surface area contributed by atoms with Crippen LogP contribution in [-0.4, -0.2) is 10.9 Å². The summed E-state index contributed by atoms with van der Waals surface area (Å²) in [5, 5.41) is 0. The lowest BCUT2D eigenvalue weighted by Gasteiger charge is -1.95. The average molecular weight is 222 g/mol. The fourth-order valence-corrected chi connectivity index (χ4v) is 2.04. The minimum atomic E-state index is -0.540. The van der Waals surface area contributed by atoms with Crippen molar-refractivity contribution >= 4 is 17.2 Å². The van der Waals surface area contributed by atoms with Crippen LogP contribution in [0.15, 0.2) is 30.5 Å². The fourth-order valence-electron chi connectivity index (χ4n) is 1.18. The number of nitrogens with zero attached hydrogens (tertiary/aromatic N) is 1. The highest BCUT2D eigenvalue weighted by molar-refractivity contribution is 7.17. The minimum Gasteiger partial charge on any atom is -0.365 e. The molecule has 0 spiro atoms. The number of primary amides is 1. The molecule has 0 aliphatic carbocycles. The molecular weight excluding hydrogens is 215 g/mol. The molecule has 3 nitrogen and oxygen atoms in total. The van der Waals surface area contributed by atoms with Crippen LogP contribution in [0.5, 0.6) is 0 Å². The summed E-state index contributed by atoms with van der Waals surface area (Å²) in [5.41, 5.74) is 5.81. The van der Waals surface area contributed by atoms with Gasteiger partial charge in [-0.1, -0.05) is 0 Å². The Morgan fingerprint density at radius 3 is 2.80 bits per heavy atom. The Hall–Kier alpha value is -1.75. The molecule has 0 saturated heterocycles. The lowest BCUT2D eigenvalue weighted by atomic mass is 10.2. The monoisotopic (exact) mass is 222 g/mol. The molecule has 0 bridgehead atoms. The number of halogens is 1. The lowest BCUT2D eigenvalue weighted by molar-refractivity contribution is 0.100. The zero-order valence-electron chi connectivity index (χ0n) is 7.61. The smallest absolute Gasteiger partial charge is 0.258 e. The van der Waals surface area contributed by atoms with Gasteiger partial charge in [0, 0.05) is 17.1 Å². The Bertz CT molecular complexity index is 510. The topological polar surface area (TPSA) is 56.0 Å². The van der Waals surface area contributed by atoms with Crippen LogP contribution in [0.2, 0.25) is 0 Å². The van der Waals surface area contributed by atoms with Gasteiger partial charge in [-0.15, -0.1) is 11.3 Å².